The predicted molar refractivity (Wildman–Crippen MR) is 62.0 cm³/mol. The van der Waals surface area contributed by atoms with E-state index in [4.69, 9.17) is 5.11 Å². The predicted octanol–water partition coefficient (Wildman–Crippen LogP) is 1.54. The molecule has 1 aromatic heterocycles. The third-order valence-electron chi connectivity index (χ3n) is 2.18. The number of carboxylic acid groups (broad SMARTS) is 1. The molecule has 1 N–H and O–H groups in total. The fraction of sp³-hybridized carbons (Fsp3) is 0.333. The van der Waals surface area contributed by atoms with Crippen molar-refractivity contribution in [1.29, 1.82) is 0 Å². The summed E-state index contributed by atoms with van der Waals surface area (Å²) in [5, 5.41) is 8.47. The monoisotopic (exact) mass is 220 g/mol. The first-order valence-corrected chi connectivity index (χ1v) is 5.24. The Bertz CT molecular complexity index is 349. The number of pyridine rings is 1. The highest BCUT2D eigenvalue weighted by atomic mass is 16.4. The number of carbonyl (C=O) groups is 1. The molecule has 86 valence electrons. The van der Waals surface area contributed by atoms with Crippen molar-refractivity contribution in [3.63, 3.8) is 0 Å². The molecule has 0 unspecified atom stereocenters. The van der Waals surface area contributed by atoms with Crippen molar-refractivity contribution in [3.05, 3.63) is 42.2 Å². The molecule has 0 atom stereocenters. The van der Waals surface area contributed by atoms with Crippen LogP contribution in [-0.2, 0) is 11.3 Å². The van der Waals surface area contributed by atoms with Crippen molar-refractivity contribution >= 4 is 5.97 Å². The molecular formula is C12H16N2O2. The Labute approximate surface area is 95.2 Å². The van der Waals surface area contributed by atoms with Crippen molar-refractivity contribution in [3.8, 4) is 0 Å². The van der Waals surface area contributed by atoms with Gasteiger partial charge in [-0.15, -0.1) is 0 Å². The molecule has 0 aliphatic heterocycles. The van der Waals surface area contributed by atoms with Gasteiger partial charge in [-0.3, -0.25) is 9.88 Å². The van der Waals surface area contributed by atoms with Gasteiger partial charge < -0.3 is 5.11 Å². The summed E-state index contributed by atoms with van der Waals surface area (Å²) in [4.78, 5) is 16.7. The average Bonchev–Trinajstić information content (AvgIpc) is 2.28. The summed E-state index contributed by atoms with van der Waals surface area (Å²) < 4.78 is 0. The first kappa shape index (κ1) is 12.4. The van der Waals surface area contributed by atoms with Gasteiger partial charge in [0.05, 0.1) is 5.69 Å². The van der Waals surface area contributed by atoms with Crippen LogP contribution in [0.4, 0.5) is 0 Å². The zero-order valence-electron chi connectivity index (χ0n) is 9.34. The second-order valence-corrected chi connectivity index (χ2v) is 3.39. The third-order valence-corrected chi connectivity index (χ3v) is 2.18. The topological polar surface area (TPSA) is 53.4 Å². The summed E-state index contributed by atoms with van der Waals surface area (Å²) in [6, 6.07) is 5.79. The van der Waals surface area contributed by atoms with Crippen molar-refractivity contribution < 1.29 is 9.90 Å². The van der Waals surface area contributed by atoms with Crippen LogP contribution in [-0.4, -0.2) is 34.0 Å². The lowest BCUT2D eigenvalue weighted by molar-refractivity contribution is -0.131. The van der Waals surface area contributed by atoms with Gasteiger partial charge in [0.15, 0.2) is 0 Å². The Morgan fingerprint density at radius 2 is 2.38 bits per heavy atom. The van der Waals surface area contributed by atoms with E-state index < -0.39 is 5.97 Å². The summed E-state index contributed by atoms with van der Waals surface area (Å²) >= 11 is 0. The van der Waals surface area contributed by atoms with E-state index >= 15 is 0 Å². The van der Waals surface area contributed by atoms with E-state index in [2.05, 4.69) is 9.88 Å². The van der Waals surface area contributed by atoms with E-state index in [-0.39, 0.29) is 0 Å². The lowest BCUT2D eigenvalue weighted by Crippen LogP contribution is -2.23. The number of rotatable bonds is 6. The highest BCUT2D eigenvalue weighted by molar-refractivity contribution is 5.79. The van der Waals surface area contributed by atoms with Crippen LogP contribution in [0.1, 0.15) is 12.6 Å². The number of nitrogens with zero attached hydrogens (tertiary/aromatic N) is 2. The molecule has 1 heterocycles. The summed E-state index contributed by atoms with van der Waals surface area (Å²) in [5.41, 5.74) is 0.994. The third kappa shape index (κ3) is 4.70. The van der Waals surface area contributed by atoms with Crippen molar-refractivity contribution in [2.24, 2.45) is 0 Å². The highest BCUT2D eigenvalue weighted by Crippen LogP contribution is 2.00. The molecule has 0 fully saturated rings. The number of aromatic nitrogens is 1. The van der Waals surface area contributed by atoms with E-state index in [1.165, 1.54) is 6.08 Å². The standard InChI is InChI=1S/C12H16N2O2/c1-2-14(9-5-7-12(15)16)10-11-6-3-4-8-13-11/h3-8H,2,9-10H2,1H3,(H,15,16). The molecule has 4 heteroatoms. The molecule has 4 nitrogen and oxygen atoms in total. The Morgan fingerprint density at radius 1 is 1.56 bits per heavy atom. The van der Waals surface area contributed by atoms with Crippen LogP contribution in [0.5, 0.6) is 0 Å². The number of aliphatic carboxylic acids is 1. The minimum atomic E-state index is -0.908. The summed E-state index contributed by atoms with van der Waals surface area (Å²) in [5.74, 6) is -0.908. The molecule has 1 rings (SSSR count). The molecule has 16 heavy (non-hydrogen) atoms. The van der Waals surface area contributed by atoms with Crippen LogP contribution in [0.15, 0.2) is 36.5 Å². The zero-order valence-corrected chi connectivity index (χ0v) is 9.34. The van der Waals surface area contributed by atoms with Crippen molar-refractivity contribution in [1.82, 2.24) is 9.88 Å². The maximum Gasteiger partial charge on any atom is 0.328 e. The van der Waals surface area contributed by atoms with Crippen molar-refractivity contribution in [2.45, 2.75) is 13.5 Å². The highest BCUT2D eigenvalue weighted by Gasteiger charge is 2.02. The molecule has 0 aromatic carbocycles. The Hall–Kier alpha value is -1.68. The number of hydrogen-bond acceptors (Lipinski definition) is 3. The molecule has 0 bridgehead atoms. The van der Waals surface area contributed by atoms with E-state index in [1.54, 1.807) is 12.3 Å². The number of carboxylic acids is 1. The van der Waals surface area contributed by atoms with E-state index in [1.807, 2.05) is 25.1 Å². The lowest BCUT2D eigenvalue weighted by Gasteiger charge is -2.17. The molecule has 0 aliphatic carbocycles. The molecule has 1 aromatic rings. The first-order valence-electron chi connectivity index (χ1n) is 5.24. The molecular weight excluding hydrogens is 204 g/mol. The van der Waals surface area contributed by atoms with Gasteiger partial charge in [-0.05, 0) is 18.7 Å². The summed E-state index contributed by atoms with van der Waals surface area (Å²) in [6.07, 6.45) is 4.58. The fourth-order valence-electron chi connectivity index (χ4n) is 1.33. The van der Waals surface area contributed by atoms with Gasteiger partial charge in [-0.1, -0.05) is 19.1 Å². The fourth-order valence-corrected chi connectivity index (χ4v) is 1.33. The van der Waals surface area contributed by atoms with Crippen LogP contribution in [0.25, 0.3) is 0 Å². The van der Waals surface area contributed by atoms with E-state index in [9.17, 15) is 4.79 Å². The molecule has 0 aliphatic rings. The van der Waals surface area contributed by atoms with Gasteiger partial charge >= 0.3 is 5.97 Å². The maximum atomic E-state index is 10.3. The minimum Gasteiger partial charge on any atom is -0.478 e. The Morgan fingerprint density at radius 3 is 2.94 bits per heavy atom. The van der Waals surface area contributed by atoms with Gasteiger partial charge in [0.25, 0.3) is 0 Å². The quantitative estimate of drug-likeness (QED) is 0.739. The van der Waals surface area contributed by atoms with Crippen LogP contribution < -0.4 is 0 Å². The first-order chi connectivity index (χ1) is 7.72. The minimum absolute atomic E-state index is 0.624. The number of likely N-dealkylation sites (N-methyl/N-ethyl adjacent to an activating group) is 1. The molecule has 0 amide bonds. The average molecular weight is 220 g/mol. The molecule has 0 saturated heterocycles. The Kier molecular flexibility index (Phi) is 5.22. The second-order valence-electron chi connectivity index (χ2n) is 3.39. The lowest BCUT2D eigenvalue weighted by atomic mass is 10.3. The smallest absolute Gasteiger partial charge is 0.328 e. The Balaban J connectivity index is 2.46. The van der Waals surface area contributed by atoms with Gasteiger partial charge in [0.1, 0.15) is 0 Å². The van der Waals surface area contributed by atoms with Gasteiger partial charge in [-0.25, -0.2) is 4.79 Å². The number of hydrogen-bond donors (Lipinski definition) is 1. The van der Waals surface area contributed by atoms with Gasteiger partial charge in [0.2, 0.25) is 0 Å². The summed E-state index contributed by atoms with van der Waals surface area (Å²) in [6.45, 7) is 4.26. The van der Waals surface area contributed by atoms with Crippen LogP contribution in [0.3, 0.4) is 0 Å². The normalized spacial score (nSPS) is 11.1. The SMILES string of the molecule is CCN(CC=CC(=O)O)Cc1ccccn1. The van der Waals surface area contributed by atoms with E-state index in [0.717, 1.165) is 18.8 Å². The van der Waals surface area contributed by atoms with Crippen molar-refractivity contribution in [2.75, 3.05) is 13.1 Å². The zero-order chi connectivity index (χ0) is 11.8. The van der Waals surface area contributed by atoms with Gasteiger partial charge in [0, 0.05) is 25.4 Å². The molecule has 0 spiro atoms. The summed E-state index contributed by atoms with van der Waals surface area (Å²) in [7, 11) is 0. The van der Waals surface area contributed by atoms with Crippen LogP contribution >= 0.6 is 0 Å². The molecule has 0 radical (unpaired) electrons. The van der Waals surface area contributed by atoms with Crippen LogP contribution in [0, 0.1) is 0 Å². The second kappa shape index (κ2) is 6.74. The van der Waals surface area contributed by atoms with Gasteiger partial charge in [-0.2, -0.15) is 0 Å². The largest absolute Gasteiger partial charge is 0.478 e. The van der Waals surface area contributed by atoms with E-state index in [0.29, 0.717) is 6.54 Å². The maximum absolute atomic E-state index is 10.3. The van der Waals surface area contributed by atoms with Crippen LogP contribution in [0.2, 0.25) is 0 Å². The molecule has 0 saturated carbocycles.